The Hall–Kier alpha value is -4.61. The monoisotopic (exact) mass is 558 g/mol. The molecule has 4 heterocycles. The van der Waals surface area contributed by atoms with E-state index >= 15 is 0 Å². The molecule has 3 aromatic rings. The number of hydrogen-bond acceptors (Lipinski definition) is 7. The summed E-state index contributed by atoms with van der Waals surface area (Å²) in [4.78, 5) is 60.0. The fourth-order valence-electron chi connectivity index (χ4n) is 5.32. The number of benzene rings is 1. The number of aromatic nitrogens is 4. The normalized spacial score (nSPS) is 23.3. The van der Waals surface area contributed by atoms with Crippen molar-refractivity contribution in [3.63, 3.8) is 0 Å². The van der Waals surface area contributed by atoms with Gasteiger partial charge in [-0.3, -0.25) is 24.2 Å². The van der Waals surface area contributed by atoms with Gasteiger partial charge in [0.25, 0.3) is 5.91 Å². The van der Waals surface area contributed by atoms with Gasteiger partial charge in [0.1, 0.15) is 23.8 Å². The van der Waals surface area contributed by atoms with Crippen molar-refractivity contribution in [2.45, 2.75) is 64.3 Å². The first kappa shape index (κ1) is 27.9. The van der Waals surface area contributed by atoms with Crippen molar-refractivity contribution in [3.8, 4) is 0 Å². The zero-order chi connectivity index (χ0) is 29.1. The zero-order valence-electron chi connectivity index (χ0n) is 23.3. The van der Waals surface area contributed by atoms with E-state index in [0.29, 0.717) is 17.0 Å². The Balaban J connectivity index is 1.48. The minimum absolute atomic E-state index is 0.110. The van der Waals surface area contributed by atoms with Crippen molar-refractivity contribution in [3.05, 3.63) is 77.4 Å². The number of fused-ring (bicyclic) bond motifs is 5. The lowest BCUT2D eigenvalue weighted by Gasteiger charge is -2.29. The molecule has 4 bridgehead atoms. The van der Waals surface area contributed by atoms with Crippen molar-refractivity contribution < 1.29 is 19.2 Å². The molecule has 1 saturated heterocycles. The third-order valence-corrected chi connectivity index (χ3v) is 7.62. The summed E-state index contributed by atoms with van der Waals surface area (Å²) < 4.78 is 1.63. The maximum absolute atomic E-state index is 13.8. The van der Waals surface area contributed by atoms with Gasteiger partial charge in [-0.1, -0.05) is 49.4 Å². The molecule has 12 nitrogen and oxygen atoms in total. The molecular formula is C29H34N8O4. The van der Waals surface area contributed by atoms with Crippen molar-refractivity contribution in [2.75, 3.05) is 6.54 Å². The van der Waals surface area contributed by atoms with Crippen LogP contribution in [0.2, 0.25) is 0 Å². The van der Waals surface area contributed by atoms with Gasteiger partial charge in [-0.2, -0.15) is 0 Å². The van der Waals surface area contributed by atoms with Gasteiger partial charge in [-0.15, -0.1) is 5.10 Å². The summed E-state index contributed by atoms with van der Waals surface area (Å²) in [5.41, 5.74) is 2.36. The van der Waals surface area contributed by atoms with Crippen LogP contribution in [0.5, 0.6) is 0 Å². The molecule has 0 aliphatic carbocycles. The fraction of sp³-hybridized carbons (Fsp3) is 0.414. The Morgan fingerprint density at radius 1 is 1.02 bits per heavy atom. The summed E-state index contributed by atoms with van der Waals surface area (Å²) in [6.45, 7) is 5.72. The predicted molar refractivity (Wildman–Crippen MR) is 148 cm³/mol. The number of aryl methyl sites for hydroxylation is 1. The van der Waals surface area contributed by atoms with Crippen LogP contribution in [0.25, 0.3) is 0 Å². The number of carbonyl (C=O) groups excluding carboxylic acids is 4. The largest absolute Gasteiger partial charge is 0.349 e. The molecule has 41 heavy (non-hydrogen) atoms. The van der Waals surface area contributed by atoms with E-state index in [4.69, 9.17) is 0 Å². The molecule has 4 atom stereocenters. The molecule has 0 spiro atoms. The molecule has 0 saturated carbocycles. The molecule has 12 heteroatoms. The van der Waals surface area contributed by atoms with Crippen LogP contribution in [0.4, 0.5) is 0 Å². The highest BCUT2D eigenvalue weighted by molar-refractivity contribution is 6.00. The average molecular weight is 559 g/mol. The molecule has 5 rings (SSSR count). The second-order valence-corrected chi connectivity index (χ2v) is 10.9. The average Bonchev–Trinajstić information content (AvgIpc) is 3.62. The minimum atomic E-state index is -0.924. The summed E-state index contributed by atoms with van der Waals surface area (Å²) >= 11 is 0. The lowest BCUT2D eigenvalue weighted by Crippen LogP contribution is -2.58. The van der Waals surface area contributed by atoms with Crippen LogP contribution >= 0.6 is 0 Å². The van der Waals surface area contributed by atoms with Crippen LogP contribution in [-0.2, 0) is 27.3 Å². The molecule has 1 aromatic carbocycles. The first-order valence-corrected chi connectivity index (χ1v) is 13.8. The van der Waals surface area contributed by atoms with Crippen molar-refractivity contribution in [1.29, 1.82) is 0 Å². The highest BCUT2D eigenvalue weighted by Gasteiger charge is 2.43. The van der Waals surface area contributed by atoms with Crippen LogP contribution in [0.3, 0.4) is 0 Å². The molecule has 2 aliphatic heterocycles. The second kappa shape index (κ2) is 11.9. The number of rotatable bonds is 4. The topological polar surface area (TPSA) is 151 Å². The van der Waals surface area contributed by atoms with E-state index in [9.17, 15) is 19.2 Å². The van der Waals surface area contributed by atoms with Gasteiger partial charge in [-0.05, 0) is 30.5 Å². The van der Waals surface area contributed by atoms with Crippen molar-refractivity contribution >= 4 is 23.6 Å². The van der Waals surface area contributed by atoms with Crippen LogP contribution in [0.15, 0.2) is 54.9 Å². The van der Waals surface area contributed by atoms with E-state index in [-0.39, 0.29) is 49.7 Å². The first-order chi connectivity index (χ1) is 19.7. The number of hydrogen-bond donors (Lipinski definition) is 3. The van der Waals surface area contributed by atoms with Crippen molar-refractivity contribution in [1.82, 2.24) is 40.8 Å². The van der Waals surface area contributed by atoms with E-state index in [1.807, 2.05) is 44.2 Å². The van der Waals surface area contributed by atoms with Gasteiger partial charge < -0.3 is 20.9 Å². The van der Waals surface area contributed by atoms with Gasteiger partial charge in [0.2, 0.25) is 17.7 Å². The van der Waals surface area contributed by atoms with E-state index in [1.165, 1.54) is 4.90 Å². The van der Waals surface area contributed by atoms with E-state index in [1.54, 1.807) is 36.1 Å². The second-order valence-electron chi connectivity index (χ2n) is 10.9. The maximum Gasteiger partial charge on any atom is 0.256 e. The third kappa shape index (κ3) is 6.11. The zero-order valence-corrected chi connectivity index (χ0v) is 23.3. The Kier molecular flexibility index (Phi) is 8.09. The van der Waals surface area contributed by atoms with Crippen LogP contribution in [0, 0.1) is 12.8 Å². The third-order valence-electron chi connectivity index (χ3n) is 7.62. The fourth-order valence-corrected chi connectivity index (χ4v) is 5.32. The molecule has 0 unspecified atom stereocenters. The van der Waals surface area contributed by atoms with Crippen LogP contribution < -0.4 is 16.0 Å². The Morgan fingerprint density at radius 3 is 2.54 bits per heavy atom. The molecule has 1 fully saturated rings. The summed E-state index contributed by atoms with van der Waals surface area (Å²) in [6.07, 6.45) is 3.88. The number of nitrogens with one attached hydrogen (secondary N) is 3. The van der Waals surface area contributed by atoms with Gasteiger partial charge >= 0.3 is 0 Å². The molecule has 4 amide bonds. The van der Waals surface area contributed by atoms with Crippen LogP contribution in [-0.4, -0.2) is 73.2 Å². The van der Waals surface area contributed by atoms with Crippen LogP contribution in [0.1, 0.15) is 53.6 Å². The number of carbonyl (C=O) groups is 4. The quantitative estimate of drug-likeness (QED) is 0.431. The molecule has 214 valence electrons. The van der Waals surface area contributed by atoms with Gasteiger partial charge in [0.05, 0.1) is 24.3 Å². The number of pyridine rings is 1. The van der Waals surface area contributed by atoms with E-state index in [2.05, 4.69) is 31.2 Å². The van der Waals surface area contributed by atoms with Gasteiger partial charge in [0.15, 0.2) is 0 Å². The smallest absolute Gasteiger partial charge is 0.256 e. The number of amides is 4. The lowest BCUT2D eigenvalue weighted by molar-refractivity contribution is -0.134. The lowest BCUT2D eigenvalue weighted by atomic mass is 10.00. The minimum Gasteiger partial charge on any atom is -0.349 e. The van der Waals surface area contributed by atoms with E-state index < -0.39 is 29.9 Å². The molecule has 0 radical (unpaired) electrons. The molecule has 2 aromatic heterocycles. The molecule has 2 aliphatic rings. The number of nitrogens with zero attached hydrogens (tertiary/aromatic N) is 5. The standard InChI is InChI=1S/C29H34N8O4/c1-17(2)25-28(40)32-23(12-19-8-5-4-6-9-19)26(38)31-14-20-15-37(35-34-20)21-13-24(27(39)33-25)36(16-21)29(41)22-10-7-11-30-18(22)3/h4-11,15,17,21,23-25H,12-14,16H2,1-3H3,(H,31,38)(H,32,40)(H,33,39)/t21-,23+,24-,25-/m0/s1. The predicted octanol–water partition coefficient (Wildman–Crippen LogP) is 0.935. The summed E-state index contributed by atoms with van der Waals surface area (Å²) in [5.74, 6) is -1.89. The Bertz CT molecular complexity index is 1440. The summed E-state index contributed by atoms with van der Waals surface area (Å²) in [5, 5.41) is 17.0. The Labute approximate surface area is 237 Å². The van der Waals surface area contributed by atoms with Crippen molar-refractivity contribution in [2.24, 2.45) is 5.92 Å². The molecule has 3 N–H and O–H groups in total. The van der Waals surface area contributed by atoms with Gasteiger partial charge in [-0.25, -0.2) is 4.68 Å². The highest BCUT2D eigenvalue weighted by atomic mass is 16.2. The highest BCUT2D eigenvalue weighted by Crippen LogP contribution is 2.29. The Morgan fingerprint density at radius 2 is 1.80 bits per heavy atom. The van der Waals surface area contributed by atoms with Gasteiger partial charge in [0, 0.05) is 31.3 Å². The summed E-state index contributed by atoms with van der Waals surface area (Å²) in [6, 6.07) is 9.77. The summed E-state index contributed by atoms with van der Waals surface area (Å²) in [7, 11) is 0. The first-order valence-electron chi connectivity index (χ1n) is 13.8. The maximum atomic E-state index is 13.8. The van der Waals surface area contributed by atoms with E-state index in [0.717, 1.165) is 5.56 Å². The molecular weight excluding hydrogens is 524 g/mol. The SMILES string of the molecule is Cc1ncccc1C(=O)N1C[C@@H]2C[C@H]1C(=O)N[C@@H](C(C)C)C(=O)N[C@H](Cc1ccccc1)C(=O)NCc1cn2nn1. The number of likely N-dealkylation sites (tertiary alicyclic amines) is 1.